The standard InChI is InChI=1S/C14H15N3O4/c1-8-11-6-10(7-15-12(11)21-16-8)13(18)17-4-2-9(3-5-17)14(19)20/h6-7,9H,2-5H2,1H3,(H,19,20). The molecule has 1 aliphatic heterocycles. The maximum Gasteiger partial charge on any atom is 0.306 e. The third-order valence-electron chi connectivity index (χ3n) is 3.89. The molecule has 3 heterocycles. The van der Waals surface area contributed by atoms with Crippen molar-refractivity contribution in [3.05, 3.63) is 23.5 Å². The molecule has 7 nitrogen and oxygen atoms in total. The van der Waals surface area contributed by atoms with E-state index in [1.807, 2.05) is 0 Å². The molecule has 3 rings (SSSR count). The van der Waals surface area contributed by atoms with Crippen LogP contribution in [0.15, 0.2) is 16.8 Å². The summed E-state index contributed by atoms with van der Waals surface area (Å²) >= 11 is 0. The average Bonchev–Trinajstić information content (AvgIpc) is 2.87. The van der Waals surface area contributed by atoms with Crippen molar-refractivity contribution in [2.24, 2.45) is 5.92 Å². The van der Waals surface area contributed by atoms with Gasteiger partial charge in [-0.25, -0.2) is 4.98 Å². The highest BCUT2D eigenvalue weighted by molar-refractivity contribution is 5.97. The normalized spacial score (nSPS) is 16.3. The van der Waals surface area contributed by atoms with Gasteiger partial charge in [-0.15, -0.1) is 0 Å². The average molecular weight is 289 g/mol. The maximum absolute atomic E-state index is 12.4. The Morgan fingerprint density at radius 3 is 2.76 bits per heavy atom. The van der Waals surface area contributed by atoms with Crippen molar-refractivity contribution >= 4 is 23.0 Å². The van der Waals surface area contributed by atoms with Crippen LogP contribution in [0.4, 0.5) is 0 Å². The molecule has 0 radical (unpaired) electrons. The number of hydrogen-bond donors (Lipinski definition) is 1. The lowest BCUT2D eigenvalue weighted by atomic mass is 9.96. The smallest absolute Gasteiger partial charge is 0.306 e. The molecule has 21 heavy (non-hydrogen) atoms. The lowest BCUT2D eigenvalue weighted by Gasteiger charge is -2.30. The van der Waals surface area contributed by atoms with Crippen LogP contribution in [0.5, 0.6) is 0 Å². The summed E-state index contributed by atoms with van der Waals surface area (Å²) in [5, 5.41) is 13.5. The summed E-state index contributed by atoms with van der Waals surface area (Å²) in [6.45, 7) is 2.70. The lowest BCUT2D eigenvalue weighted by Crippen LogP contribution is -2.40. The molecule has 1 aliphatic rings. The fraction of sp³-hybridized carbons (Fsp3) is 0.429. The van der Waals surface area contributed by atoms with Crippen LogP contribution in [0.3, 0.4) is 0 Å². The van der Waals surface area contributed by atoms with Crippen LogP contribution < -0.4 is 0 Å². The van der Waals surface area contributed by atoms with Crippen LogP contribution in [-0.4, -0.2) is 45.1 Å². The van der Waals surface area contributed by atoms with E-state index in [0.717, 1.165) is 5.39 Å². The molecule has 1 N–H and O–H groups in total. The van der Waals surface area contributed by atoms with Crippen LogP contribution in [0, 0.1) is 12.8 Å². The molecule has 0 bridgehead atoms. The van der Waals surface area contributed by atoms with Crippen molar-refractivity contribution in [3.8, 4) is 0 Å². The van der Waals surface area contributed by atoms with Gasteiger partial charge in [0, 0.05) is 19.3 Å². The minimum atomic E-state index is -0.787. The van der Waals surface area contributed by atoms with Crippen LogP contribution in [0.2, 0.25) is 0 Å². The molecule has 0 aromatic carbocycles. The summed E-state index contributed by atoms with van der Waals surface area (Å²) < 4.78 is 5.02. The number of carbonyl (C=O) groups excluding carboxylic acids is 1. The molecule has 7 heteroatoms. The number of nitrogens with zero attached hydrogens (tertiary/aromatic N) is 3. The van der Waals surface area contributed by atoms with Gasteiger partial charge in [-0.1, -0.05) is 5.16 Å². The van der Waals surface area contributed by atoms with Crippen molar-refractivity contribution in [2.75, 3.05) is 13.1 Å². The van der Waals surface area contributed by atoms with E-state index in [1.54, 1.807) is 17.9 Å². The maximum atomic E-state index is 12.4. The van der Waals surface area contributed by atoms with E-state index in [-0.39, 0.29) is 11.8 Å². The highest BCUT2D eigenvalue weighted by Gasteiger charge is 2.27. The van der Waals surface area contributed by atoms with Crippen LogP contribution in [-0.2, 0) is 4.79 Å². The number of piperidine rings is 1. The SMILES string of the molecule is Cc1noc2ncc(C(=O)N3CCC(C(=O)O)CC3)cc12. The summed E-state index contributed by atoms with van der Waals surface area (Å²) in [6, 6.07) is 1.72. The van der Waals surface area contributed by atoms with E-state index in [1.165, 1.54) is 6.20 Å². The summed E-state index contributed by atoms with van der Waals surface area (Å²) in [5.74, 6) is -1.27. The molecular weight excluding hydrogens is 274 g/mol. The first-order chi connectivity index (χ1) is 10.1. The van der Waals surface area contributed by atoms with E-state index in [2.05, 4.69) is 10.1 Å². The Morgan fingerprint density at radius 2 is 2.10 bits per heavy atom. The van der Waals surface area contributed by atoms with Crippen molar-refractivity contribution in [1.82, 2.24) is 15.0 Å². The van der Waals surface area contributed by atoms with Gasteiger partial charge in [0.1, 0.15) is 0 Å². The molecule has 0 saturated carbocycles. The third kappa shape index (κ3) is 2.46. The predicted molar refractivity (Wildman–Crippen MR) is 72.8 cm³/mol. The van der Waals surface area contributed by atoms with Gasteiger partial charge in [-0.3, -0.25) is 9.59 Å². The lowest BCUT2D eigenvalue weighted by molar-refractivity contribution is -0.143. The summed E-state index contributed by atoms with van der Waals surface area (Å²) in [5.41, 5.74) is 1.58. The first kappa shape index (κ1) is 13.5. The first-order valence-electron chi connectivity index (χ1n) is 6.80. The van der Waals surface area contributed by atoms with Gasteiger partial charge in [0.15, 0.2) is 0 Å². The number of aryl methyl sites for hydroxylation is 1. The van der Waals surface area contributed by atoms with Gasteiger partial charge in [-0.2, -0.15) is 0 Å². The number of rotatable bonds is 2. The van der Waals surface area contributed by atoms with E-state index >= 15 is 0 Å². The molecule has 2 aromatic heterocycles. The van der Waals surface area contributed by atoms with Gasteiger partial charge >= 0.3 is 5.97 Å². The van der Waals surface area contributed by atoms with E-state index < -0.39 is 5.97 Å². The number of carboxylic acid groups (broad SMARTS) is 1. The highest BCUT2D eigenvalue weighted by atomic mass is 16.5. The van der Waals surface area contributed by atoms with Gasteiger partial charge in [0.25, 0.3) is 11.6 Å². The predicted octanol–water partition coefficient (Wildman–Crippen LogP) is 1.47. The zero-order valence-corrected chi connectivity index (χ0v) is 11.6. The molecule has 1 amide bonds. The van der Waals surface area contributed by atoms with Crippen molar-refractivity contribution in [3.63, 3.8) is 0 Å². The summed E-state index contributed by atoms with van der Waals surface area (Å²) in [7, 11) is 0. The summed E-state index contributed by atoms with van der Waals surface area (Å²) in [4.78, 5) is 29.1. The molecule has 0 aliphatic carbocycles. The zero-order chi connectivity index (χ0) is 15.0. The quantitative estimate of drug-likeness (QED) is 0.899. The number of likely N-dealkylation sites (tertiary alicyclic amines) is 1. The second-order valence-electron chi connectivity index (χ2n) is 5.25. The molecule has 2 aromatic rings. The number of aromatic nitrogens is 2. The molecular formula is C14H15N3O4. The van der Waals surface area contributed by atoms with Gasteiger partial charge in [0.2, 0.25) is 0 Å². The zero-order valence-electron chi connectivity index (χ0n) is 11.6. The molecule has 1 fully saturated rings. The third-order valence-corrected chi connectivity index (χ3v) is 3.89. The molecule has 0 spiro atoms. The largest absolute Gasteiger partial charge is 0.481 e. The van der Waals surface area contributed by atoms with Gasteiger partial charge in [-0.05, 0) is 25.8 Å². The number of hydrogen-bond acceptors (Lipinski definition) is 5. The number of carboxylic acids is 1. The van der Waals surface area contributed by atoms with Gasteiger partial charge < -0.3 is 14.5 Å². The number of amides is 1. The Kier molecular flexibility index (Phi) is 3.32. The Balaban J connectivity index is 1.78. The number of aliphatic carboxylic acids is 1. The van der Waals surface area contributed by atoms with E-state index in [0.29, 0.717) is 42.9 Å². The Morgan fingerprint density at radius 1 is 1.38 bits per heavy atom. The van der Waals surface area contributed by atoms with Crippen molar-refractivity contribution < 1.29 is 19.2 Å². The molecule has 1 saturated heterocycles. The van der Waals surface area contributed by atoms with E-state index in [9.17, 15) is 9.59 Å². The molecule has 0 unspecified atom stereocenters. The minimum absolute atomic E-state index is 0.131. The second kappa shape index (κ2) is 5.16. The Labute approximate surface area is 120 Å². The first-order valence-corrected chi connectivity index (χ1v) is 6.80. The molecule has 110 valence electrons. The topological polar surface area (TPSA) is 96.5 Å². The fourth-order valence-electron chi connectivity index (χ4n) is 2.57. The van der Waals surface area contributed by atoms with Crippen LogP contribution >= 0.6 is 0 Å². The molecule has 0 atom stereocenters. The van der Waals surface area contributed by atoms with Gasteiger partial charge in [0.05, 0.1) is 22.6 Å². The monoisotopic (exact) mass is 289 g/mol. The fourth-order valence-corrected chi connectivity index (χ4v) is 2.57. The number of pyridine rings is 1. The van der Waals surface area contributed by atoms with Crippen molar-refractivity contribution in [1.29, 1.82) is 0 Å². The Hall–Kier alpha value is -2.44. The van der Waals surface area contributed by atoms with Crippen LogP contribution in [0.25, 0.3) is 11.1 Å². The number of carbonyl (C=O) groups is 2. The highest BCUT2D eigenvalue weighted by Crippen LogP contribution is 2.21. The second-order valence-corrected chi connectivity index (χ2v) is 5.25. The minimum Gasteiger partial charge on any atom is -0.481 e. The van der Waals surface area contributed by atoms with Crippen LogP contribution in [0.1, 0.15) is 28.9 Å². The Bertz CT molecular complexity index is 701. The number of fused-ring (bicyclic) bond motifs is 1. The summed E-state index contributed by atoms with van der Waals surface area (Å²) in [6.07, 6.45) is 2.45. The van der Waals surface area contributed by atoms with E-state index in [4.69, 9.17) is 9.63 Å². The van der Waals surface area contributed by atoms with Crippen molar-refractivity contribution in [2.45, 2.75) is 19.8 Å².